The maximum absolute atomic E-state index is 10.7. The summed E-state index contributed by atoms with van der Waals surface area (Å²) in [6, 6.07) is 1.25. The van der Waals surface area contributed by atoms with E-state index in [0.717, 1.165) is 0 Å². The third-order valence-electron chi connectivity index (χ3n) is 2.30. The number of pyridine rings is 1. The number of aliphatic carboxylic acids is 1. The second kappa shape index (κ2) is 5.92. The Labute approximate surface area is 103 Å². The minimum absolute atomic E-state index is 0.0287. The lowest BCUT2D eigenvalue weighted by atomic mass is 10.2. The summed E-state index contributed by atoms with van der Waals surface area (Å²) in [7, 11) is 1.27. The van der Waals surface area contributed by atoms with Crippen molar-refractivity contribution in [2.24, 2.45) is 0 Å². The number of aryl methyl sites for hydroxylation is 1. The van der Waals surface area contributed by atoms with E-state index in [2.05, 4.69) is 10.3 Å². The number of rotatable bonds is 6. The summed E-state index contributed by atoms with van der Waals surface area (Å²) in [6.45, 7) is 1.54. The second-order valence-corrected chi connectivity index (χ2v) is 3.56. The van der Waals surface area contributed by atoms with Gasteiger partial charge in [0.2, 0.25) is 0 Å². The number of carbonyl (C=O) groups is 1. The van der Waals surface area contributed by atoms with Crippen LogP contribution in [0.15, 0.2) is 12.3 Å². The van der Waals surface area contributed by atoms with E-state index in [1.165, 1.54) is 19.4 Å². The zero-order valence-corrected chi connectivity index (χ0v) is 9.91. The van der Waals surface area contributed by atoms with Gasteiger partial charge in [-0.05, 0) is 6.92 Å². The van der Waals surface area contributed by atoms with Gasteiger partial charge in [-0.15, -0.1) is 0 Å². The van der Waals surface area contributed by atoms with Crippen LogP contribution in [0.3, 0.4) is 0 Å². The van der Waals surface area contributed by atoms with E-state index >= 15 is 0 Å². The van der Waals surface area contributed by atoms with E-state index in [1.54, 1.807) is 6.92 Å². The molecule has 1 atom stereocenters. The van der Waals surface area contributed by atoms with E-state index < -0.39 is 17.0 Å². The molecular formula is C10H13N3O5. The van der Waals surface area contributed by atoms with Gasteiger partial charge in [0.1, 0.15) is 5.82 Å². The molecule has 18 heavy (non-hydrogen) atoms. The molecule has 1 rings (SSSR count). The lowest BCUT2D eigenvalue weighted by Gasteiger charge is -2.11. The molecule has 1 aromatic heterocycles. The van der Waals surface area contributed by atoms with Crippen LogP contribution in [0.2, 0.25) is 0 Å². The van der Waals surface area contributed by atoms with Gasteiger partial charge in [-0.2, -0.15) is 0 Å². The van der Waals surface area contributed by atoms with E-state index in [-0.39, 0.29) is 18.1 Å². The van der Waals surface area contributed by atoms with Gasteiger partial charge in [0.25, 0.3) is 5.69 Å². The van der Waals surface area contributed by atoms with Crippen molar-refractivity contribution >= 4 is 17.5 Å². The molecule has 0 aliphatic heterocycles. The highest BCUT2D eigenvalue weighted by molar-refractivity contribution is 5.73. The molecule has 0 saturated carbocycles. The Hall–Kier alpha value is -2.22. The van der Waals surface area contributed by atoms with Crippen LogP contribution < -0.4 is 5.32 Å². The van der Waals surface area contributed by atoms with Crippen LogP contribution in [0, 0.1) is 17.0 Å². The third-order valence-corrected chi connectivity index (χ3v) is 2.30. The Bertz CT molecular complexity index is 463. The largest absolute Gasteiger partial charge is 0.479 e. The Morgan fingerprint density at radius 3 is 2.89 bits per heavy atom. The Kier molecular flexibility index (Phi) is 4.55. The number of nitrogens with one attached hydrogen (secondary N) is 1. The molecule has 1 heterocycles. The maximum Gasteiger partial charge on any atom is 0.334 e. The van der Waals surface area contributed by atoms with Gasteiger partial charge in [-0.3, -0.25) is 10.1 Å². The SMILES string of the molecule is COC(CNc1cc([N+](=O)[O-])c(C)cn1)C(=O)O. The van der Waals surface area contributed by atoms with E-state index in [4.69, 9.17) is 9.84 Å². The molecule has 0 aliphatic carbocycles. The summed E-state index contributed by atoms with van der Waals surface area (Å²) in [5.41, 5.74) is 0.365. The third kappa shape index (κ3) is 3.39. The summed E-state index contributed by atoms with van der Waals surface area (Å²) in [5.74, 6) is -0.887. The summed E-state index contributed by atoms with van der Waals surface area (Å²) >= 11 is 0. The van der Waals surface area contributed by atoms with Crippen LogP contribution in [-0.2, 0) is 9.53 Å². The Morgan fingerprint density at radius 1 is 1.72 bits per heavy atom. The highest BCUT2D eigenvalue weighted by Crippen LogP contribution is 2.19. The number of carboxylic acids is 1. The van der Waals surface area contributed by atoms with Gasteiger partial charge in [0.15, 0.2) is 6.10 Å². The fourth-order valence-electron chi connectivity index (χ4n) is 1.28. The molecule has 98 valence electrons. The predicted molar refractivity (Wildman–Crippen MR) is 62.6 cm³/mol. The Balaban J connectivity index is 2.77. The van der Waals surface area contributed by atoms with E-state index in [0.29, 0.717) is 5.56 Å². The minimum Gasteiger partial charge on any atom is -0.479 e. The van der Waals surface area contributed by atoms with Gasteiger partial charge >= 0.3 is 5.97 Å². The zero-order valence-electron chi connectivity index (χ0n) is 9.91. The number of anilines is 1. The first-order valence-corrected chi connectivity index (χ1v) is 5.06. The first kappa shape index (κ1) is 13.8. The molecule has 8 heteroatoms. The van der Waals surface area contributed by atoms with Gasteiger partial charge in [0.05, 0.1) is 17.5 Å². The molecule has 2 N–H and O–H groups in total. The maximum atomic E-state index is 10.7. The standard InChI is InChI=1S/C10H13N3O5/c1-6-4-11-9(3-7(6)13(16)17)12-5-8(18-2)10(14)15/h3-4,8H,5H2,1-2H3,(H,11,12)(H,14,15). The highest BCUT2D eigenvalue weighted by atomic mass is 16.6. The van der Waals surface area contributed by atoms with Crippen LogP contribution in [0.4, 0.5) is 11.5 Å². The summed E-state index contributed by atoms with van der Waals surface area (Å²) in [5, 5.41) is 22.1. The average molecular weight is 255 g/mol. The molecule has 1 aromatic rings. The lowest BCUT2D eigenvalue weighted by Crippen LogP contribution is -2.30. The summed E-state index contributed by atoms with van der Waals surface area (Å²) in [4.78, 5) is 24.8. The molecule has 0 amide bonds. The summed E-state index contributed by atoms with van der Waals surface area (Å²) < 4.78 is 4.71. The monoisotopic (exact) mass is 255 g/mol. The molecule has 0 aromatic carbocycles. The van der Waals surface area contributed by atoms with Gasteiger partial charge in [-0.25, -0.2) is 9.78 Å². The number of nitro groups is 1. The zero-order chi connectivity index (χ0) is 13.7. The predicted octanol–water partition coefficient (Wildman–Crippen LogP) is 0.810. The van der Waals surface area contributed by atoms with Gasteiger partial charge in [0, 0.05) is 18.9 Å². The molecule has 1 unspecified atom stereocenters. The number of carboxylic acid groups (broad SMARTS) is 1. The number of hydrogen-bond donors (Lipinski definition) is 2. The van der Waals surface area contributed by atoms with Crippen molar-refractivity contribution < 1.29 is 19.6 Å². The smallest absolute Gasteiger partial charge is 0.334 e. The topological polar surface area (TPSA) is 115 Å². The molecule has 0 saturated heterocycles. The number of ether oxygens (including phenoxy) is 1. The van der Waals surface area contributed by atoms with E-state index in [9.17, 15) is 14.9 Å². The molecule has 0 radical (unpaired) electrons. The first-order chi connectivity index (χ1) is 8.45. The quantitative estimate of drug-likeness (QED) is 0.570. The first-order valence-electron chi connectivity index (χ1n) is 5.06. The number of methoxy groups -OCH3 is 1. The average Bonchev–Trinajstić information content (AvgIpc) is 2.31. The van der Waals surface area contributed by atoms with Crippen molar-refractivity contribution in [1.29, 1.82) is 0 Å². The van der Waals surface area contributed by atoms with Gasteiger partial charge < -0.3 is 15.2 Å². The van der Waals surface area contributed by atoms with Crippen molar-refractivity contribution in [2.45, 2.75) is 13.0 Å². The number of hydrogen-bond acceptors (Lipinski definition) is 6. The minimum atomic E-state index is -1.12. The molecule has 0 spiro atoms. The number of aromatic nitrogens is 1. The molecule has 0 bridgehead atoms. The van der Waals surface area contributed by atoms with Crippen molar-refractivity contribution in [1.82, 2.24) is 4.98 Å². The Morgan fingerprint density at radius 2 is 2.39 bits per heavy atom. The number of nitrogens with zero attached hydrogens (tertiary/aromatic N) is 2. The highest BCUT2D eigenvalue weighted by Gasteiger charge is 2.17. The van der Waals surface area contributed by atoms with Crippen molar-refractivity contribution in [3.8, 4) is 0 Å². The summed E-state index contributed by atoms with van der Waals surface area (Å²) in [6.07, 6.45) is 0.315. The van der Waals surface area contributed by atoms with E-state index in [1.807, 2.05) is 0 Å². The second-order valence-electron chi connectivity index (χ2n) is 3.56. The molecule has 0 fully saturated rings. The molecule has 0 aliphatic rings. The van der Waals surface area contributed by atoms with Crippen LogP contribution in [-0.4, -0.2) is 40.7 Å². The van der Waals surface area contributed by atoms with Crippen molar-refractivity contribution in [3.63, 3.8) is 0 Å². The van der Waals surface area contributed by atoms with Crippen LogP contribution in [0.25, 0.3) is 0 Å². The van der Waals surface area contributed by atoms with Crippen LogP contribution in [0.1, 0.15) is 5.56 Å². The van der Waals surface area contributed by atoms with Crippen LogP contribution >= 0.6 is 0 Å². The molecular weight excluding hydrogens is 242 g/mol. The fourth-order valence-corrected chi connectivity index (χ4v) is 1.28. The van der Waals surface area contributed by atoms with Gasteiger partial charge in [-0.1, -0.05) is 0 Å². The van der Waals surface area contributed by atoms with Crippen molar-refractivity contribution in [2.75, 3.05) is 19.0 Å². The molecule has 8 nitrogen and oxygen atoms in total. The lowest BCUT2D eigenvalue weighted by molar-refractivity contribution is -0.385. The van der Waals surface area contributed by atoms with Crippen molar-refractivity contribution in [3.05, 3.63) is 27.9 Å². The van der Waals surface area contributed by atoms with Crippen LogP contribution in [0.5, 0.6) is 0 Å². The normalized spacial score (nSPS) is 11.9. The fraction of sp³-hybridized carbons (Fsp3) is 0.400.